The molecule has 2 aliphatic heterocycles. The lowest BCUT2D eigenvalue weighted by Crippen LogP contribution is -2.19. The lowest BCUT2D eigenvalue weighted by molar-refractivity contribution is 0.476. The van der Waals surface area contributed by atoms with E-state index in [-0.39, 0.29) is 0 Å². The fourth-order valence-corrected chi connectivity index (χ4v) is 6.17. The van der Waals surface area contributed by atoms with Crippen molar-refractivity contribution in [2.75, 3.05) is 9.80 Å². The highest BCUT2D eigenvalue weighted by molar-refractivity contribution is 7.99. The van der Waals surface area contributed by atoms with Gasteiger partial charge in [-0.05, 0) is 60.7 Å². The first-order valence-electron chi connectivity index (χ1n) is 12.7. The molecule has 0 atom stereocenters. The second kappa shape index (κ2) is 8.79. The first-order valence-corrected chi connectivity index (χ1v) is 13.5. The molecule has 7 heteroatoms. The van der Waals surface area contributed by atoms with Crippen LogP contribution in [0.4, 0.5) is 34.6 Å². The van der Waals surface area contributed by atoms with Crippen molar-refractivity contribution in [2.24, 2.45) is 0 Å². The van der Waals surface area contributed by atoms with Crippen LogP contribution in [0.2, 0.25) is 0 Å². The molecule has 0 unspecified atom stereocenters. The van der Waals surface area contributed by atoms with Crippen LogP contribution < -0.4 is 14.5 Å². The van der Waals surface area contributed by atoms with Gasteiger partial charge in [0.1, 0.15) is 0 Å². The Morgan fingerprint density at radius 2 is 1.03 bits per heavy atom. The Morgan fingerprint density at radius 1 is 0.513 bits per heavy atom. The molecule has 8 rings (SSSR count). The van der Waals surface area contributed by atoms with E-state index in [2.05, 4.69) is 70.5 Å². The maximum Gasteiger partial charge on any atom is 0.256 e. The van der Waals surface area contributed by atoms with Crippen molar-refractivity contribution in [3.63, 3.8) is 0 Å². The fourth-order valence-electron chi connectivity index (χ4n) is 5.12. The fraction of sp³-hybridized carbons (Fsp3) is 0. The lowest BCUT2D eigenvalue weighted by atomic mass is 10.2. The van der Waals surface area contributed by atoms with Gasteiger partial charge >= 0.3 is 0 Å². The molecule has 1 aromatic heterocycles. The number of rotatable bonds is 3. The minimum absolute atomic E-state index is 0.560. The van der Waals surface area contributed by atoms with Crippen LogP contribution in [0.3, 0.4) is 0 Å². The lowest BCUT2D eigenvalue weighted by Gasteiger charge is -2.31. The quantitative estimate of drug-likeness (QED) is 0.231. The van der Waals surface area contributed by atoms with Crippen molar-refractivity contribution < 1.29 is 4.74 Å². The summed E-state index contributed by atoms with van der Waals surface area (Å²) >= 11 is 1.77. The first-order chi connectivity index (χ1) is 19.3. The minimum atomic E-state index is 0.560. The van der Waals surface area contributed by atoms with Gasteiger partial charge in [0.05, 0.1) is 28.4 Å². The summed E-state index contributed by atoms with van der Waals surface area (Å²) in [6.07, 6.45) is 0. The number of hydrogen-bond donors (Lipinski definition) is 0. The molecular weight excluding hydrogens is 502 g/mol. The molecule has 0 amide bonds. The molecule has 0 aliphatic carbocycles. The third-order valence-electron chi connectivity index (χ3n) is 6.84. The largest absolute Gasteiger partial charge is 0.453 e. The molecule has 3 heterocycles. The van der Waals surface area contributed by atoms with Crippen LogP contribution in [-0.2, 0) is 0 Å². The Hall–Kier alpha value is -5.01. The molecule has 0 radical (unpaired) electrons. The molecule has 6 nitrogen and oxygen atoms in total. The van der Waals surface area contributed by atoms with Crippen LogP contribution >= 0.6 is 11.8 Å². The average molecular weight is 524 g/mol. The number of anilines is 6. The van der Waals surface area contributed by atoms with Crippen LogP contribution in [0, 0.1) is 0 Å². The van der Waals surface area contributed by atoms with Crippen molar-refractivity contribution >= 4 is 46.4 Å². The predicted octanol–water partition coefficient (Wildman–Crippen LogP) is 8.78. The second-order valence-corrected chi connectivity index (χ2v) is 10.3. The summed E-state index contributed by atoms with van der Waals surface area (Å²) in [4.78, 5) is 11.9. The summed E-state index contributed by atoms with van der Waals surface area (Å²) in [5, 5.41) is 5.15. The van der Waals surface area contributed by atoms with Crippen molar-refractivity contribution in [3.8, 4) is 17.2 Å². The Morgan fingerprint density at radius 3 is 1.64 bits per heavy atom. The van der Waals surface area contributed by atoms with Gasteiger partial charge in [-0.3, -0.25) is 9.80 Å². The highest BCUT2D eigenvalue weighted by Gasteiger charge is 2.33. The number of benzene rings is 5. The molecule has 186 valence electrons. The number of aromatic nitrogens is 3. The summed E-state index contributed by atoms with van der Waals surface area (Å²) < 4.78 is 8.17. The SMILES string of the molecule is c1ccc(-n2nc(N3c4ccccc4Oc4ccccc43)nc2N2c3ccccc3Sc3ccccc32)cc1. The van der Waals surface area contributed by atoms with E-state index in [1.165, 1.54) is 9.79 Å². The van der Waals surface area contributed by atoms with Gasteiger partial charge in [-0.1, -0.05) is 78.5 Å². The topological polar surface area (TPSA) is 46.4 Å². The smallest absolute Gasteiger partial charge is 0.256 e. The minimum Gasteiger partial charge on any atom is -0.453 e. The zero-order valence-electron chi connectivity index (χ0n) is 20.7. The van der Waals surface area contributed by atoms with E-state index < -0.39 is 0 Å². The Balaban J connectivity index is 1.40. The molecule has 0 fully saturated rings. The van der Waals surface area contributed by atoms with E-state index in [0.717, 1.165) is 39.9 Å². The summed E-state index contributed by atoms with van der Waals surface area (Å²) in [6, 6.07) is 43.0. The van der Waals surface area contributed by atoms with Crippen LogP contribution in [0.5, 0.6) is 11.5 Å². The van der Waals surface area contributed by atoms with Gasteiger partial charge in [0.15, 0.2) is 11.5 Å². The van der Waals surface area contributed by atoms with Crippen LogP contribution in [0.15, 0.2) is 137 Å². The molecule has 6 aromatic rings. The van der Waals surface area contributed by atoms with Crippen LogP contribution in [0.1, 0.15) is 0 Å². The Bertz CT molecular complexity index is 1760. The third kappa shape index (κ3) is 3.51. The molecule has 0 saturated heterocycles. The monoisotopic (exact) mass is 523 g/mol. The standard InChI is InChI=1S/C32H21N5OS/c1-2-12-22(13-3-1)37-32(36-25-16-6-10-20-29(25)39-30-21-11-7-17-26(30)36)33-31(34-37)35-23-14-4-8-18-27(23)38-28-19-9-5-15-24(28)35/h1-21H. The molecule has 0 saturated carbocycles. The zero-order valence-corrected chi connectivity index (χ0v) is 21.5. The van der Waals surface area contributed by atoms with E-state index in [9.17, 15) is 0 Å². The van der Waals surface area contributed by atoms with Crippen molar-refractivity contribution in [1.29, 1.82) is 0 Å². The number of nitrogens with zero attached hydrogens (tertiary/aromatic N) is 5. The third-order valence-corrected chi connectivity index (χ3v) is 7.97. The Kier molecular flexibility index (Phi) is 4.96. The van der Waals surface area contributed by atoms with E-state index in [0.29, 0.717) is 11.9 Å². The van der Waals surface area contributed by atoms with Crippen LogP contribution in [0.25, 0.3) is 5.69 Å². The van der Waals surface area contributed by atoms with Gasteiger partial charge < -0.3 is 4.74 Å². The zero-order chi connectivity index (χ0) is 25.8. The van der Waals surface area contributed by atoms with Gasteiger partial charge in [0.2, 0.25) is 5.95 Å². The van der Waals surface area contributed by atoms with E-state index in [1.54, 1.807) is 11.8 Å². The molecular formula is C32H21N5OS. The average Bonchev–Trinajstić information content (AvgIpc) is 3.43. The molecule has 39 heavy (non-hydrogen) atoms. The van der Waals surface area contributed by atoms with E-state index >= 15 is 0 Å². The number of ether oxygens (including phenoxy) is 1. The number of hydrogen-bond acceptors (Lipinski definition) is 6. The van der Waals surface area contributed by atoms with Gasteiger partial charge in [0, 0.05) is 9.79 Å². The van der Waals surface area contributed by atoms with Crippen LogP contribution in [-0.4, -0.2) is 14.8 Å². The summed E-state index contributed by atoms with van der Waals surface area (Å²) in [6.45, 7) is 0. The highest BCUT2D eigenvalue weighted by Crippen LogP contribution is 2.53. The van der Waals surface area contributed by atoms with Gasteiger partial charge in [-0.2, -0.15) is 9.67 Å². The maximum absolute atomic E-state index is 6.24. The van der Waals surface area contributed by atoms with Gasteiger partial charge in [-0.25, -0.2) is 0 Å². The molecule has 0 bridgehead atoms. The van der Waals surface area contributed by atoms with Crippen molar-refractivity contribution in [3.05, 3.63) is 127 Å². The summed E-state index contributed by atoms with van der Waals surface area (Å²) in [5.41, 5.74) is 4.85. The molecule has 5 aromatic carbocycles. The normalized spacial score (nSPS) is 13.1. The number of para-hydroxylation sites is 7. The predicted molar refractivity (Wildman–Crippen MR) is 155 cm³/mol. The highest BCUT2D eigenvalue weighted by atomic mass is 32.2. The molecule has 2 aliphatic rings. The summed E-state index contributed by atoms with van der Waals surface area (Å²) in [5.74, 6) is 2.79. The Labute approximate surface area is 229 Å². The second-order valence-electron chi connectivity index (χ2n) is 9.20. The first kappa shape index (κ1) is 22.0. The number of fused-ring (bicyclic) bond motifs is 4. The summed E-state index contributed by atoms with van der Waals surface area (Å²) in [7, 11) is 0. The van der Waals surface area contributed by atoms with Gasteiger partial charge in [-0.15, -0.1) is 5.10 Å². The maximum atomic E-state index is 6.24. The van der Waals surface area contributed by atoms with E-state index in [1.807, 2.05) is 71.4 Å². The van der Waals surface area contributed by atoms with Crippen molar-refractivity contribution in [1.82, 2.24) is 14.8 Å². The molecule has 0 N–H and O–H groups in total. The molecule has 0 spiro atoms. The van der Waals surface area contributed by atoms with E-state index in [4.69, 9.17) is 14.8 Å². The van der Waals surface area contributed by atoms with Gasteiger partial charge in [0.25, 0.3) is 5.95 Å². The van der Waals surface area contributed by atoms with Crippen molar-refractivity contribution in [2.45, 2.75) is 9.79 Å².